The molecule has 6 heteroatoms. The maximum Gasteiger partial charge on any atom is 0.211 e. The Labute approximate surface area is 117 Å². The summed E-state index contributed by atoms with van der Waals surface area (Å²) in [4.78, 5) is 0. The lowest BCUT2D eigenvalue weighted by Crippen LogP contribution is -2.38. The van der Waals surface area contributed by atoms with Crippen LogP contribution in [-0.4, -0.2) is 57.9 Å². The molecule has 1 aliphatic rings. The summed E-state index contributed by atoms with van der Waals surface area (Å²) < 4.78 is 29.8. The zero-order chi connectivity index (χ0) is 14.3. The highest BCUT2D eigenvalue weighted by atomic mass is 32.2. The molecule has 2 unspecified atom stereocenters. The van der Waals surface area contributed by atoms with Crippen molar-refractivity contribution in [3.63, 3.8) is 0 Å². The Morgan fingerprint density at radius 1 is 1.37 bits per heavy atom. The highest BCUT2D eigenvalue weighted by Crippen LogP contribution is 2.20. The van der Waals surface area contributed by atoms with Crippen molar-refractivity contribution in [1.82, 2.24) is 9.62 Å². The fourth-order valence-corrected chi connectivity index (χ4v) is 3.59. The van der Waals surface area contributed by atoms with Crippen LogP contribution in [0.5, 0.6) is 0 Å². The quantitative estimate of drug-likeness (QED) is 0.683. The molecule has 5 nitrogen and oxygen atoms in total. The lowest BCUT2D eigenvalue weighted by atomic mass is 9.93. The molecule has 0 aromatic heterocycles. The Hall–Kier alpha value is -0.170. The van der Waals surface area contributed by atoms with Crippen LogP contribution in [0.1, 0.15) is 39.0 Å². The molecule has 0 aromatic carbocycles. The molecule has 0 amide bonds. The van der Waals surface area contributed by atoms with E-state index in [-0.39, 0.29) is 0 Å². The highest BCUT2D eigenvalue weighted by molar-refractivity contribution is 7.88. The normalized spacial score (nSPS) is 24.8. The number of ether oxygens (including phenoxy) is 1. The third-order valence-electron chi connectivity index (χ3n) is 3.80. The van der Waals surface area contributed by atoms with Crippen LogP contribution in [0.25, 0.3) is 0 Å². The molecule has 1 rings (SSSR count). The number of rotatable bonds is 8. The summed E-state index contributed by atoms with van der Waals surface area (Å²) in [6.45, 7) is 3.89. The third kappa shape index (κ3) is 6.21. The molecule has 0 aromatic rings. The second-order valence-electron chi connectivity index (χ2n) is 5.28. The standard InChI is InChI=1S/C13H28N2O3S/c1-4-15(19(3,16)17)10-6-9-14-12-7-5-8-13(11-12)18-2/h12-14H,4-11H2,1-3H3. The SMILES string of the molecule is CCN(CCCNC1CCCC(OC)C1)S(C)(=O)=O. The zero-order valence-electron chi connectivity index (χ0n) is 12.4. The number of hydrogen-bond donors (Lipinski definition) is 1. The first-order chi connectivity index (χ1) is 8.97. The molecule has 2 atom stereocenters. The second kappa shape index (κ2) is 8.19. The van der Waals surface area contributed by atoms with Crippen LogP contribution in [0, 0.1) is 0 Å². The van der Waals surface area contributed by atoms with Crippen molar-refractivity contribution in [2.24, 2.45) is 0 Å². The van der Waals surface area contributed by atoms with Crippen LogP contribution >= 0.6 is 0 Å². The van der Waals surface area contributed by atoms with E-state index >= 15 is 0 Å². The summed E-state index contributed by atoms with van der Waals surface area (Å²) in [6, 6.07) is 0.520. The predicted molar refractivity (Wildman–Crippen MR) is 77.8 cm³/mol. The minimum atomic E-state index is -3.05. The number of nitrogens with zero attached hydrogens (tertiary/aromatic N) is 1. The van der Waals surface area contributed by atoms with E-state index < -0.39 is 10.0 Å². The van der Waals surface area contributed by atoms with Crippen molar-refractivity contribution >= 4 is 10.0 Å². The molecular weight excluding hydrogens is 264 g/mol. The predicted octanol–water partition coefficient (Wildman–Crippen LogP) is 1.21. The fraction of sp³-hybridized carbons (Fsp3) is 1.00. The third-order valence-corrected chi connectivity index (χ3v) is 5.18. The lowest BCUT2D eigenvalue weighted by molar-refractivity contribution is 0.0589. The van der Waals surface area contributed by atoms with Crippen LogP contribution in [0.3, 0.4) is 0 Å². The van der Waals surface area contributed by atoms with Gasteiger partial charge in [-0.25, -0.2) is 12.7 Å². The molecular formula is C13H28N2O3S. The van der Waals surface area contributed by atoms with E-state index in [1.807, 2.05) is 6.92 Å². The van der Waals surface area contributed by atoms with Gasteiger partial charge >= 0.3 is 0 Å². The van der Waals surface area contributed by atoms with Gasteiger partial charge in [-0.2, -0.15) is 0 Å². The van der Waals surface area contributed by atoms with Crippen molar-refractivity contribution in [2.45, 2.75) is 51.2 Å². The van der Waals surface area contributed by atoms with E-state index in [4.69, 9.17) is 4.74 Å². The average Bonchev–Trinajstić information content (AvgIpc) is 2.37. The molecule has 0 radical (unpaired) electrons. The average molecular weight is 292 g/mol. The molecule has 0 aliphatic heterocycles. The monoisotopic (exact) mass is 292 g/mol. The molecule has 0 bridgehead atoms. The van der Waals surface area contributed by atoms with Crippen molar-refractivity contribution < 1.29 is 13.2 Å². The first kappa shape index (κ1) is 16.9. The molecule has 1 fully saturated rings. The van der Waals surface area contributed by atoms with Crippen LogP contribution in [0.4, 0.5) is 0 Å². The van der Waals surface area contributed by atoms with Crippen LogP contribution in [-0.2, 0) is 14.8 Å². The summed E-state index contributed by atoms with van der Waals surface area (Å²) in [6.07, 6.45) is 7.15. The van der Waals surface area contributed by atoms with Crippen molar-refractivity contribution in [3.8, 4) is 0 Å². The first-order valence-corrected chi connectivity index (χ1v) is 9.03. The van der Waals surface area contributed by atoms with E-state index in [0.717, 1.165) is 25.8 Å². The van der Waals surface area contributed by atoms with Gasteiger partial charge in [-0.05, 0) is 38.6 Å². The number of hydrogen-bond acceptors (Lipinski definition) is 4. The smallest absolute Gasteiger partial charge is 0.211 e. The van der Waals surface area contributed by atoms with Crippen molar-refractivity contribution in [3.05, 3.63) is 0 Å². The van der Waals surface area contributed by atoms with Gasteiger partial charge in [0.25, 0.3) is 0 Å². The van der Waals surface area contributed by atoms with Crippen LogP contribution in [0.2, 0.25) is 0 Å². The minimum Gasteiger partial charge on any atom is -0.381 e. The van der Waals surface area contributed by atoms with Gasteiger partial charge in [0.15, 0.2) is 0 Å². The second-order valence-corrected chi connectivity index (χ2v) is 7.27. The van der Waals surface area contributed by atoms with Gasteiger partial charge in [0.2, 0.25) is 10.0 Å². The summed E-state index contributed by atoms with van der Waals surface area (Å²) in [5, 5.41) is 3.52. The Morgan fingerprint density at radius 2 is 2.11 bits per heavy atom. The maximum atomic E-state index is 11.4. The van der Waals surface area contributed by atoms with E-state index in [1.54, 1.807) is 7.11 Å². The minimum absolute atomic E-state index is 0.384. The Kier molecular flexibility index (Phi) is 7.28. The fourth-order valence-electron chi connectivity index (χ4n) is 2.66. The van der Waals surface area contributed by atoms with Crippen molar-refractivity contribution in [2.75, 3.05) is 33.0 Å². The maximum absolute atomic E-state index is 11.4. The van der Waals surface area contributed by atoms with Crippen LogP contribution in [0.15, 0.2) is 0 Å². The summed E-state index contributed by atoms with van der Waals surface area (Å²) in [5.74, 6) is 0. The topological polar surface area (TPSA) is 58.6 Å². The molecule has 1 aliphatic carbocycles. The molecule has 0 saturated heterocycles. The van der Waals surface area contributed by atoms with E-state index in [9.17, 15) is 8.42 Å². The van der Waals surface area contributed by atoms with Gasteiger partial charge in [0, 0.05) is 26.2 Å². The number of nitrogens with one attached hydrogen (secondary N) is 1. The van der Waals surface area contributed by atoms with Gasteiger partial charge in [0.1, 0.15) is 0 Å². The summed E-state index contributed by atoms with van der Waals surface area (Å²) in [7, 11) is -1.27. The molecule has 0 heterocycles. The molecule has 19 heavy (non-hydrogen) atoms. The van der Waals surface area contributed by atoms with E-state index in [2.05, 4.69) is 5.32 Å². The molecule has 114 valence electrons. The Bertz CT molecular complexity index is 346. The zero-order valence-corrected chi connectivity index (χ0v) is 13.2. The van der Waals surface area contributed by atoms with E-state index in [0.29, 0.717) is 25.2 Å². The van der Waals surface area contributed by atoms with Gasteiger partial charge in [-0.3, -0.25) is 0 Å². The van der Waals surface area contributed by atoms with Gasteiger partial charge in [0.05, 0.1) is 12.4 Å². The summed E-state index contributed by atoms with van der Waals surface area (Å²) >= 11 is 0. The highest BCUT2D eigenvalue weighted by Gasteiger charge is 2.21. The van der Waals surface area contributed by atoms with Gasteiger partial charge in [-0.1, -0.05) is 6.92 Å². The Balaban J connectivity index is 2.20. The van der Waals surface area contributed by atoms with Crippen molar-refractivity contribution in [1.29, 1.82) is 0 Å². The lowest BCUT2D eigenvalue weighted by Gasteiger charge is -2.29. The number of methoxy groups -OCH3 is 1. The van der Waals surface area contributed by atoms with Crippen LogP contribution < -0.4 is 5.32 Å². The summed E-state index contributed by atoms with van der Waals surface area (Å²) in [5.41, 5.74) is 0. The molecule has 0 spiro atoms. The first-order valence-electron chi connectivity index (χ1n) is 7.18. The molecule has 1 N–H and O–H groups in total. The largest absolute Gasteiger partial charge is 0.381 e. The van der Waals surface area contributed by atoms with Gasteiger partial charge in [-0.15, -0.1) is 0 Å². The van der Waals surface area contributed by atoms with Gasteiger partial charge < -0.3 is 10.1 Å². The van der Waals surface area contributed by atoms with E-state index in [1.165, 1.54) is 23.4 Å². The number of sulfonamides is 1. The molecule has 1 saturated carbocycles. The Morgan fingerprint density at radius 3 is 2.68 bits per heavy atom.